The minimum Gasteiger partial charge on any atom is -0.381 e. The van der Waals surface area contributed by atoms with E-state index in [1.807, 2.05) is 6.92 Å². The number of hydrogen-bond donors (Lipinski definition) is 2. The van der Waals surface area contributed by atoms with Gasteiger partial charge in [0.2, 0.25) is 0 Å². The van der Waals surface area contributed by atoms with Crippen molar-refractivity contribution in [1.29, 1.82) is 0 Å². The van der Waals surface area contributed by atoms with E-state index in [2.05, 4.69) is 26.2 Å². The predicted octanol–water partition coefficient (Wildman–Crippen LogP) is 1.31. The zero-order valence-electron chi connectivity index (χ0n) is 11.0. The Morgan fingerprint density at radius 2 is 2.19 bits per heavy atom. The smallest absolute Gasteiger partial charge is 0.0793 e. The van der Waals surface area contributed by atoms with Crippen LogP contribution in [0.4, 0.5) is 0 Å². The molecule has 0 aliphatic carbocycles. The topological polar surface area (TPSA) is 56.5 Å². The van der Waals surface area contributed by atoms with Crippen molar-refractivity contribution in [2.24, 2.45) is 17.2 Å². The van der Waals surface area contributed by atoms with Gasteiger partial charge in [-0.1, -0.05) is 20.8 Å². The van der Waals surface area contributed by atoms with E-state index in [0.29, 0.717) is 12.5 Å². The van der Waals surface area contributed by atoms with E-state index >= 15 is 0 Å². The fourth-order valence-electron chi connectivity index (χ4n) is 2.38. The van der Waals surface area contributed by atoms with E-state index in [4.69, 9.17) is 15.3 Å². The van der Waals surface area contributed by atoms with Gasteiger partial charge in [-0.2, -0.15) is 0 Å². The summed E-state index contributed by atoms with van der Waals surface area (Å²) in [5, 5.41) is 0. The van der Waals surface area contributed by atoms with Crippen LogP contribution in [-0.4, -0.2) is 32.0 Å². The number of hydrazine groups is 1. The van der Waals surface area contributed by atoms with E-state index < -0.39 is 0 Å². The Labute approximate surface area is 98.8 Å². The zero-order valence-corrected chi connectivity index (χ0v) is 11.0. The highest BCUT2D eigenvalue weighted by molar-refractivity contribution is 4.91. The summed E-state index contributed by atoms with van der Waals surface area (Å²) in [5.74, 6) is 6.15. The molecule has 0 spiro atoms. The molecule has 1 rings (SSSR count). The van der Waals surface area contributed by atoms with Gasteiger partial charge in [-0.15, -0.1) is 0 Å². The molecule has 1 saturated heterocycles. The summed E-state index contributed by atoms with van der Waals surface area (Å²) in [7, 11) is 0. The molecule has 4 nitrogen and oxygen atoms in total. The molecule has 3 unspecified atom stereocenters. The van der Waals surface area contributed by atoms with Crippen molar-refractivity contribution in [2.75, 3.05) is 19.8 Å². The molecule has 1 aliphatic heterocycles. The predicted molar refractivity (Wildman–Crippen MR) is 64.9 cm³/mol. The molecule has 0 aromatic rings. The van der Waals surface area contributed by atoms with Crippen molar-refractivity contribution in [2.45, 2.75) is 46.3 Å². The standard InChI is InChI=1S/C12H26N2O2/c1-5-16-11(12(2,3)4)10(14-13)9-6-7-15-8-9/h9-11,14H,5-8,13H2,1-4H3. The molecule has 0 radical (unpaired) electrons. The first kappa shape index (κ1) is 13.9. The maximum atomic E-state index is 5.87. The SMILES string of the molecule is CCOC(C(NN)C1CCOC1)C(C)(C)C. The van der Waals surface area contributed by atoms with E-state index in [9.17, 15) is 0 Å². The number of hydrogen-bond acceptors (Lipinski definition) is 4. The second kappa shape index (κ2) is 5.96. The highest BCUT2D eigenvalue weighted by Gasteiger charge is 2.38. The lowest BCUT2D eigenvalue weighted by Crippen LogP contribution is -2.54. The van der Waals surface area contributed by atoms with E-state index in [1.165, 1.54) is 0 Å². The second-order valence-corrected chi connectivity index (χ2v) is 5.56. The molecular weight excluding hydrogens is 204 g/mol. The van der Waals surface area contributed by atoms with Crippen molar-refractivity contribution in [3.05, 3.63) is 0 Å². The Morgan fingerprint density at radius 3 is 2.56 bits per heavy atom. The molecule has 0 bridgehead atoms. The zero-order chi connectivity index (χ0) is 12.2. The number of nitrogens with two attached hydrogens (primary N) is 1. The molecule has 0 aromatic carbocycles. The minimum atomic E-state index is 0.0790. The Kier molecular flexibility index (Phi) is 5.18. The highest BCUT2D eigenvalue weighted by atomic mass is 16.5. The first-order valence-corrected chi connectivity index (χ1v) is 6.16. The van der Waals surface area contributed by atoms with E-state index in [0.717, 1.165) is 19.6 Å². The average molecular weight is 230 g/mol. The van der Waals surface area contributed by atoms with Crippen molar-refractivity contribution in [1.82, 2.24) is 5.43 Å². The first-order valence-electron chi connectivity index (χ1n) is 6.16. The van der Waals surface area contributed by atoms with E-state index in [1.54, 1.807) is 0 Å². The van der Waals surface area contributed by atoms with Crippen LogP contribution >= 0.6 is 0 Å². The van der Waals surface area contributed by atoms with Gasteiger partial charge in [-0.25, -0.2) is 0 Å². The van der Waals surface area contributed by atoms with Gasteiger partial charge in [0.05, 0.1) is 18.8 Å². The Morgan fingerprint density at radius 1 is 1.50 bits per heavy atom. The van der Waals surface area contributed by atoms with Crippen LogP contribution in [0.1, 0.15) is 34.1 Å². The Bertz CT molecular complexity index is 198. The van der Waals surface area contributed by atoms with Crippen LogP contribution in [-0.2, 0) is 9.47 Å². The van der Waals surface area contributed by atoms with Crippen LogP contribution in [0.3, 0.4) is 0 Å². The lowest BCUT2D eigenvalue weighted by Gasteiger charge is -2.38. The van der Waals surface area contributed by atoms with Crippen molar-refractivity contribution in [3.63, 3.8) is 0 Å². The summed E-state index contributed by atoms with van der Waals surface area (Å²) in [6, 6.07) is 0.169. The maximum Gasteiger partial charge on any atom is 0.0793 e. The monoisotopic (exact) mass is 230 g/mol. The molecule has 3 N–H and O–H groups in total. The summed E-state index contributed by atoms with van der Waals surface area (Å²) in [6.45, 7) is 10.9. The van der Waals surface area contributed by atoms with Gasteiger partial charge in [0, 0.05) is 19.1 Å². The number of ether oxygens (including phenoxy) is 2. The van der Waals surface area contributed by atoms with Gasteiger partial charge >= 0.3 is 0 Å². The molecule has 0 amide bonds. The van der Waals surface area contributed by atoms with Gasteiger partial charge in [-0.3, -0.25) is 11.3 Å². The molecular formula is C12H26N2O2. The summed E-state index contributed by atoms with van der Waals surface area (Å²) in [4.78, 5) is 0. The Balaban J connectivity index is 2.72. The molecule has 1 aliphatic rings. The molecule has 3 atom stereocenters. The van der Waals surface area contributed by atoms with Crippen LogP contribution in [0.25, 0.3) is 0 Å². The van der Waals surface area contributed by atoms with Crippen LogP contribution in [0.5, 0.6) is 0 Å². The van der Waals surface area contributed by atoms with Crippen LogP contribution < -0.4 is 11.3 Å². The molecule has 0 aromatic heterocycles. The third-order valence-electron chi connectivity index (χ3n) is 3.19. The first-order chi connectivity index (χ1) is 7.50. The van der Waals surface area contributed by atoms with Crippen molar-refractivity contribution < 1.29 is 9.47 Å². The summed E-state index contributed by atoms with van der Waals surface area (Å²) in [5.41, 5.74) is 3.01. The summed E-state index contributed by atoms with van der Waals surface area (Å²) >= 11 is 0. The molecule has 96 valence electrons. The molecule has 1 heterocycles. The second-order valence-electron chi connectivity index (χ2n) is 5.56. The molecule has 1 fully saturated rings. The quantitative estimate of drug-likeness (QED) is 0.552. The van der Waals surface area contributed by atoms with Crippen molar-refractivity contribution in [3.8, 4) is 0 Å². The van der Waals surface area contributed by atoms with E-state index in [-0.39, 0.29) is 17.6 Å². The van der Waals surface area contributed by atoms with Gasteiger partial charge in [0.15, 0.2) is 0 Å². The molecule has 0 saturated carbocycles. The van der Waals surface area contributed by atoms with Crippen molar-refractivity contribution >= 4 is 0 Å². The lowest BCUT2D eigenvalue weighted by molar-refractivity contribution is -0.0496. The van der Waals surface area contributed by atoms with Crippen LogP contribution in [0, 0.1) is 11.3 Å². The maximum absolute atomic E-state index is 5.87. The highest BCUT2D eigenvalue weighted by Crippen LogP contribution is 2.30. The lowest BCUT2D eigenvalue weighted by atomic mass is 9.79. The van der Waals surface area contributed by atoms with Gasteiger partial charge in [0.1, 0.15) is 0 Å². The summed E-state index contributed by atoms with van der Waals surface area (Å²) in [6.07, 6.45) is 1.18. The number of nitrogens with one attached hydrogen (secondary N) is 1. The largest absolute Gasteiger partial charge is 0.381 e. The fourth-order valence-corrected chi connectivity index (χ4v) is 2.38. The third kappa shape index (κ3) is 3.42. The molecule has 4 heteroatoms. The van der Waals surface area contributed by atoms with Crippen LogP contribution in [0.15, 0.2) is 0 Å². The van der Waals surface area contributed by atoms with Gasteiger partial charge < -0.3 is 9.47 Å². The Hall–Kier alpha value is -0.160. The molecule has 16 heavy (non-hydrogen) atoms. The average Bonchev–Trinajstić information content (AvgIpc) is 2.69. The minimum absolute atomic E-state index is 0.0790. The fraction of sp³-hybridized carbons (Fsp3) is 1.00. The van der Waals surface area contributed by atoms with Gasteiger partial charge in [-0.05, 0) is 18.8 Å². The normalized spacial score (nSPS) is 25.7. The summed E-state index contributed by atoms with van der Waals surface area (Å²) < 4.78 is 11.3. The van der Waals surface area contributed by atoms with Gasteiger partial charge in [0.25, 0.3) is 0 Å². The number of rotatable bonds is 5. The van der Waals surface area contributed by atoms with Crippen LogP contribution in [0.2, 0.25) is 0 Å². The third-order valence-corrected chi connectivity index (χ3v) is 3.19.